The van der Waals surface area contributed by atoms with Crippen LogP contribution >= 0.6 is 11.6 Å². The molecule has 5 nitrogen and oxygen atoms in total. The molecule has 2 amide bonds. The van der Waals surface area contributed by atoms with Gasteiger partial charge in [0.15, 0.2) is 0 Å². The molecular weight excluding hydrogens is 170 g/mol. The first kappa shape index (κ1) is 8.29. The number of carbonyl (C=O) groups excluding carboxylic acids is 2. The summed E-state index contributed by atoms with van der Waals surface area (Å²) < 4.78 is 0. The Hall–Kier alpha value is -0.810. The Balaban J connectivity index is 2.36. The average molecular weight is 178 g/mol. The van der Waals surface area contributed by atoms with Crippen LogP contribution in [0.2, 0.25) is 0 Å². The van der Waals surface area contributed by atoms with Gasteiger partial charge in [-0.25, -0.2) is 5.43 Å². The molecule has 0 aromatic carbocycles. The third-order valence-electron chi connectivity index (χ3n) is 1.29. The minimum atomic E-state index is -0.485. The predicted molar refractivity (Wildman–Crippen MR) is 38.8 cm³/mol. The minimum Gasteiger partial charge on any atom is -0.342 e. The normalized spacial score (nSPS) is 23.0. The zero-order chi connectivity index (χ0) is 8.27. The van der Waals surface area contributed by atoms with Crippen LogP contribution in [0, 0.1) is 0 Å². The van der Waals surface area contributed by atoms with Gasteiger partial charge in [0.25, 0.3) is 5.91 Å². The first-order valence-corrected chi connectivity index (χ1v) is 3.65. The van der Waals surface area contributed by atoms with E-state index in [2.05, 4.69) is 16.2 Å². The topological polar surface area (TPSA) is 70.2 Å². The van der Waals surface area contributed by atoms with E-state index in [0.717, 1.165) is 0 Å². The lowest BCUT2D eigenvalue weighted by atomic mass is 10.3. The Bertz CT molecular complexity index is 185. The standard InChI is InChI=1S/C5H8ClN3O2/c6-1-4(10)8-3-2-7-9-5(3)11/h3,7H,1-2H2,(H,8,10)(H,9,11)/t3-/m0/s1. The van der Waals surface area contributed by atoms with E-state index < -0.39 is 6.04 Å². The van der Waals surface area contributed by atoms with Crippen molar-refractivity contribution in [3.63, 3.8) is 0 Å². The van der Waals surface area contributed by atoms with Crippen molar-refractivity contribution in [2.24, 2.45) is 0 Å². The molecule has 0 saturated carbocycles. The molecule has 1 atom stereocenters. The highest BCUT2D eigenvalue weighted by molar-refractivity contribution is 6.27. The molecular formula is C5H8ClN3O2. The summed E-state index contributed by atoms with van der Waals surface area (Å²) >= 11 is 5.21. The molecule has 0 aliphatic carbocycles. The third-order valence-corrected chi connectivity index (χ3v) is 1.53. The molecule has 1 rings (SSSR count). The summed E-state index contributed by atoms with van der Waals surface area (Å²) in [5.74, 6) is -0.692. The second-order valence-corrected chi connectivity index (χ2v) is 2.39. The first-order valence-electron chi connectivity index (χ1n) is 3.12. The summed E-state index contributed by atoms with van der Waals surface area (Å²) in [6.45, 7) is 0.404. The molecule has 1 aliphatic rings. The number of carbonyl (C=O) groups is 2. The molecule has 1 heterocycles. The maximum atomic E-state index is 10.8. The van der Waals surface area contributed by atoms with Crippen LogP contribution in [0.25, 0.3) is 0 Å². The third kappa shape index (κ3) is 2.06. The average Bonchev–Trinajstić information content (AvgIpc) is 2.37. The van der Waals surface area contributed by atoms with E-state index in [1.165, 1.54) is 0 Å². The molecule has 0 spiro atoms. The molecule has 0 aromatic rings. The van der Waals surface area contributed by atoms with Crippen LogP contribution < -0.4 is 16.2 Å². The van der Waals surface area contributed by atoms with Crippen LogP contribution in [0.15, 0.2) is 0 Å². The van der Waals surface area contributed by atoms with Crippen molar-refractivity contribution in [2.75, 3.05) is 12.4 Å². The van der Waals surface area contributed by atoms with Crippen LogP contribution in [0.4, 0.5) is 0 Å². The Labute approximate surface area is 68.4 Å². The minimum absolute atomic E-state index is 0.121. The first-order chi connectivity index (χ1) is 5.24. The highest BCUT2D eigenvalue weighted by Gasteiger charge is 2.24. The number of rotatable bonds is 2. The van der Waals surface area contributed by atoms with E-state index in [1.807, 2.05) is 0 Å². The van der Waals surface area contributed by atoms with Crippen molar-refractivity contribution in [1.82, 2.24) is 16.2 Å². The van der Waals surface area contributed by atoms with Crippen LogP contribution in [0.3, 0.4) is 0 Å². The second kappa shape index (κ2) is 3.54. The van der Waals surface area contributed by atoms with Crippen LogP contribution in [-0.4, -0.2) is 30.3 Å². The van der Waals surface area contributed by atoms with Gasteiger partial charge in [-0.05, 0) is 0 Å². The van der Waals surface area contributed by atoms with Gasteiger partial charge in [0, 0.05) is 6.54 Å². The highest BCUT2D eigenvalue weighted by atomic mass is 35.5. The van der Waals surface area contributed by atoms with E-state index in [0.29, 0.717) is 6.54 Å². The Kier molecular flexibility index (Phi) is 2.67. The van der Waals surface area contributed by atoms with Gasteiger partial charge in [-0.1, -0.05) is 0 Å². The van der Waals surface area contributed by atoms with E-state index in [9.17, 15) is 9.59 Å². The smallest absolute Gasteiger partial charge is 0.258 e. The number of alkyl halides is 1. The number of hydrogen-bond donors (Lipinski definition) is 3. The SMILES string of the molecule is O=C(CCl)N[C@H]1CNNC1=O. The molecule has 1 aliphatic heterocycles. The van der Waals surface area contributed by atoms with Crippen LogP contribution in [-0.2, 0) is 9.59 Å². The summed E-state index contributed by atoms with van der Waals surface area (Å²) in [7, 11) is 0. The molecule has 6 heteroatoms. The van der Waals surface area contributed by atoms with Crippen molar-refractivity contribution in [3.8, 4) is 0 Å². The molecule has 62 valence electrons. The predicted octanol–water partition coefficient (Wildman–Crippen LogP) is -1.66. The van der Waals surface area contributed by atoms with Gasteiger partial charge in [0.2, 0.25) is 5.91 Å². The number of nitrogens with one attached hydrogen (secondary N) is 3. The Morgan fingerprint density at radius 1 is 1.82 bits per heavy atom. The van der Waals surface area contributed by atoms with Crippen molar-refractivity contribution in [3.05, 3.63) is 0 Å². The summed E-state index contributed by atoms with van der Waals surface area (Å²) in [6.07, 6.45) is 0. The fourth-order valence-corrected chi connectivity index (χ4v) is 0.847. The number of halogens is 1. The van der Waals surface area contributed by atoms with Crippen molar-refractivity contribution >= 4 is 23.4 Å². The molecule has 0 unspecified atom stereocenters. The molecule has 0 bridgehead atoms. The van der Waals surface area contributed by atoms with Gasteiger partial charge < -0.3 is 5.32 Å². The monoisotopic (exact) mass is 177 g/mol. The summed E-state index contributed by atoms with van der Waals surface area (Å²) in [6, 6.07) is -0.485. The second-order valence-electron chi connectivity index (χ2n) is 2.12. The van der Waals surface area contributed by atoms with Crippen molar-refractivity contribution in [2.45, 2.75) is 6.04 Å². The summed E-state index contributed by atoms with van der Waals surface area (Å²) in [5, 5.41) is 2.43. The number of amides is 2. The van der Waals surface area contributed by atoms with E-state index in [4.69, 9.17) is 11.6 Å². The maximum absolute atomic E-state index is 10.8. The molecule has 0 radical (unpaired) electrons. The summed E-state index contributed by atoms with van der Waals surface area (Å²) in [5.41, 5.74) is 4.95. The van der Waals surface area contributed by atoms with Gasteiger partial charge in [-0.15, -0.1) is 11.6 Å². The largest absolute Gasteiger partial charge is 0.342 e. The van der Waals surface area contributed by atoms with Crippen LogP contribution in [0.1, 0.15) is 0 Å². The van der Waals surface area contributed by atoms with E-state index in [-0.39, 0.29) is 17.7 Å². The fraction of sp³-hybridized carbons (Fsp3) is 0.600. The molecule has 3 N–H and O–H groups in total. The number of hydrazine groups is 1. The lowest BCUT2D eigenvalue weighted by Crippen LogP contribution is -2.42. The van der Waals surface area contributed by atoms with E-state index in [1.54, 1.807) is 0 Å². The lowest BCUT2D eigenvalue weighted by molar-refractivity contribution is -0.126. The van der Waals surface area contributed by atoms with Gasteiger partial charge in [-0.3, -0.25) is 15.0 Å². The van der Waals surface area contributed by atoms with Gasteiger partial charge in [0.05, 0.1) is 0 Å². The van der Waals surface area contributed by atoms with Gasteiger partial charge in [-0.2, -0.15) is 0 Å². The Morgan fingerprint density at radius 3 is 3.00 bits per heavy atom. The number of hydrogen-bond acceptors (Lipinski definition) is 3. The molecule has 1 fully saturated rings. The quantitative estimate of drug-likeness (QED) is 0.443. The zero-order valence-corrected chi connectivity index (χ0v) is 6.44. The van der Waals surface area contributed by atoms with Gasteiger partial charge >= 0.3 is 0 Å². The van der Waals surface area contributed by atoms with Crippen molar-refractivity contribution in [1.29, 1.82) is 0 Å². The van der Waals surface area contributed by atoms with E-state index >= 15 is 0 Å². The summed E-state index contributed by atoms with van der Waals surface area (Å²) in [4.78, 5) is 21.5. The molecule has 1 saturated heterocycles. The maximum Gasteiger partial charge on any atom is 0.258 e. The molecule has 0 aromatic heterocycles. The van der Waals surface area contributed by atoms with Crippen LogP contribution in [0.5, 0.6) is 0 Å². The zero-order valence-electron chi connectivity index (χ0n) is 5.69. The fourth-order valence-electron chi connectivity index (χ4n) is 0.770. The Morgan fingerprint density at radius 2 is 2.55 bits per heavy atom. The lowest BCUT2D eigenvalue weighted by Gasteiger charge is -2.05. The van der Waals surface area contributed by atoms with Gasteiger partial charge in [0.1, 0.15) is 11.9 Å². The highest BCUT2D eigenvalue weighted by Crippen LogP contribution is 1.88. The van der Waals surface area contributed by atoms with Crippen molar-refractivity contribution < 1.29 is 9.59 Å². The molecule has 11 heavy (non-hydrogen) atoms.